The van der Waals surface area contributed by atoms with Crippen LogP contribution in [-0.4, -0.2) is 42.0 Å². The summed E-state index contributed by atoms with van der Waals surface area (Å²) in [5.41, 5.74) is 3.31. The molecule has 0 aliphatic carbocycles. The van der Waals surface area contributed by atoms with Gasteiger partial charge in [0, 0.05) is 38.4 Å². The molecular formula is C25H25FN2O3. The number of rotatable bonds is 8. The van der Waals surface area contributed by atoms with Crippen molar-refractivity contribution in [2.24, 2.45) is 0 Å². The lowest BCUT2D eigenvalue weighted by Crippen LogP contribution is -2.35. The molecule has 0 unspecified atom stereocenters. The molecule has 0 atom stereocenters. The first-order valence-electron chi connectivity index (χ1n) is 10.4. The van der Waals surface area contributed by atoms with Gasteiger partial charge in [0.1, 0.15) is 18.2 Å². The normalized spacial score (nSPS) is 14.4. The fourth-order valence-corrected chi connectivity index (χ4v) is 3.56. The highest BCUT2D eigenvalue weighted by Gasteiger charge is 2.17. The predicted molar refractivity (Wildman–Crippen MR) is 116 cm³/mol. The van der Waals surface area contributed by atoms with Crippen molar-refractivity contribution < 1.29 is 18.7 Å². The lowest BCUT2D eigenvalue weighted by molar-refractivity contribution is 0.0341. The molecule has 1 fully saturated rings. The lowest BCUT2D eigenvalue weighted by Gasteiger charge is -2.26. The van der Waals surface area contributed by atoms with Crippen LogP contribution in [0.5, 0.6) is 5.75 Å². The molecule has 3 aromatic rings. The molecule has 31 heavy (non-hydrogen) atoms. The van der Waals surface area contributed by atoms with Gasteiger partial charge in [-0.1, -0.05) is 24.3 Å². The largest absolute Gasteiger partial charge is 0.488 e. The zero-order chi connectivity index (χ0) is 21.5. The summed E-state index contributed by atoms with van der Waals surface area (Å²) in [5, 5.41) is 0. The Morgan fingerprint density at radius 2 is 1.81 bits per heavy atom. The number of halogens is 1. The third-order valence-electron chi connectivity index (χ3n) is 5.25. The van der Waals surface area contributed by atoms with E-state index >= 15 is 0 Å². The Morgan fingerprint density at radius 1 is 1.03 bits per heavy atom. The van der Waals surface area contributed by atoms with Crippen LogP contribution in [0.1, 0.15) is 27.0 Å². The summed E-state index contributed by atoms with van der Waals surface area (Å²) in [6.45, 7) is 4.23. The molecule has 5 nitrogen and oxygen atoms in total. The van der Waals surface area contributed by atoms with E-state index in [1.54, 1.807) is 24.5 Å². The maximum absolute atomic E-state index is 13.2. The van der Waals surface area contributed by atoms with Crippen LogP contribution in [0, 0.1) is 5.82 Å². The van der Waals surface area contributed by atoms with E-state index in [1.165, 1.54) is 12.1 Å². The summed E-state index contributed by atoms with van der Waals surface area (Å²) in [5.74, 6) is 0.221. The summed E-state index contributed by atoms with van der Waals surface area (Å²) in [6.07, 6.45) is 3.64. The van der Waals surface area contributed by atoms with E-state index in [0.717, 1.165) is 49.5 Å². The Labute approximate surface area is 181 Å². The molecule has 1 aromatic heterocycles. The number of carbonyl (C=O) groups excluding carboxylic acids is 1. The number of aromatic nitrogens is 1. The Balaban J connectivity index is 1.54. The quantitative estimate of drug-likeness (QED) is 0.515. The minimum atomic E-state index is -0.288. The van der Waals surface area contributed by atoms with Gasteiger partial charge in [-0.2, -0.15) is 0 Å². The molecule has 2 aromatic carbocycles. The molecule has 1 aliphatic heterocycles. The van der Waals surface area contributed by atoms with Crippen molar-refractivity contribution in [3.8, 4) is 5.75 Å². The van der Waals surface area contributed by atoms with Crippen molar-refractivity contribution in [3.63, 3.8) is 0 Å². The first-order valence-corrected chi connectivity index (χ1v) is 10.4. The second-order valence-electron chi connectivity index (χ2n) is 7.60. The van der Waals surface area contributed by atoms with Crippen molar-refractivity contribution >= 4 is 5.78 Å². The van der Waals surface area contributed by atoms with Gasteiger partial charge >= 0.3 is 0 Å². The highest BCUT2D eigenvalue weighted by molar-refractivity contribution is 6.00. The number of carbonyl (C=O) groups is 1. The van der Waals surface area contributed by atoms with Crippen molar-refractivity contribution in [2.45, 2.75) is 19.6 Å². The van der Waals surface area contributed by atoms with Gasteiger partial charge in [-0.15, -0.1) is 0 Å². The summed E-state index contributed by atoms with van der Waals surface area (Å²) < 4.78 is 24.6. The first kappa shape index (κ1) is 21.2. The van der Waals surface area contributed by atoms with E-state index in [-0.39, 0.29) is 24.6 Å². The molecule has 2 heterocycles. The second-order valence-corrected chi connectivity index (χ2v) is 7.60. The SMILES string of the molecule is O=C(Cc1cccnc1)c1cc(CN2CCOCC2)ccc1OCc1ccc(F)cc1. The summed E-state index contributed by atoms with van der Waals surface area (Å²) in [4.78, 5) is 19.6. The highest BCUT2D eigenvalue weighted by atomic mass is 19.1. The van der Waals surface area contributed by atoms with Crippen molar-refractivity contribution in [1.29, 1.82) is 0 Å². The van der Waals surface area contributed by atoms with Crippen LogP contribution in [0.4, 0.5) is 4.39 Å². The Hall–Kier alpha value is -3.09. The average Bonchev–Trinajstić information content (AvgIpc) is 2.80. The lowest BCUT2D eigenvalue weighted by atomic mass is 10.0. The van der Waals surface area contributed by atoms with Crippen molar-refractivity contribution in [1.82, 2.24) is 9.88 Å². The third-order valence-corrected chi connectivity index (χ3v) is 5.25. The number of morpholine rings is 1. The van der Waals surface area contributed by atoms with Crippen LogP contribution >= 0.6 is 0 Å². The molecule has 4 rings (SSSR count). The van der Waals surface area contributed by atoms with Crippen LogP contribution in [0.3, 0.4) is 0 Å². The summed E-state index contributed by atoms with van der Waals surface area (Å²) in [7, 11) is 0. The first-order chi connectivity index (χ1) is 15.2. The number of ether oxygens (including phenoxy) is 2. The fourth-order valence-electron chi connectivity index (χ4n) is 3.56. The number of Topliss-reactive ketones (excluding diaryl/α,β-unsaturated/α-hetero) is 1. The summed E-state index contributed by atoms with van der Waals surface area (Å²) >= 11 is 0. The Morgan fingerprint density at radius 3 is 2.55 bits per heavy atom. The molecule has 6 heteroatoms. The molecule has 0 saturated carbocycles. The van der Waals surface area contributed by atoms with Gasteiger partial charge < -0.3 is 9.47 Å². The fraction of sp³-hybridized carbons (Fsp3) is 0.280. The van der Waals surface area contributed by atoms with Crippen LogP contribution in [0.25, 0.3) is 0 Å². The molecular weight excluding hydrogens is 395 g/mol. The summed E-state index contributed by atoms with van der Waals surface area (Å²) in [6, 6.07) is 15.7. The maximum atomic E-state index is 13.2. The van der Waals surface area contributed by atoms with Crippen molar-refractivity contribution in [3.05, 3.63) is 95.1 Å². The van der Waals surface area contributed by atoms with E-state index in [1.807, 2.05) is 30.3 Å². The second kappa shape index (κ2) is 10.3. The van der Waals surface area contributed by atoms with E-state index in [9.17, 15) is 9.18 Å². The molecule has 0 radical (unpaired) electrons. The smallest absolute Gasteiger partial charge is 0.171 e. The minimum Gasteiger partial charge on any atom is -0.488 e. The Bertz CT molecular complexity index is 1000. The molecule has 160 valence electrons. The van der Waals surface area contributed by atoms with Crippen LogP contribution in [0.2, 0.25) is 0 Å². The standard InChI is InChI=1S/C25H25FN2O3/c26-22-6-3-19(4-7-22)18-31-25-8-5-21(17-28-10-12-30-13-11-28)14-23(25)24(29)15-20-2-1-9-27-16-20/h1-9,14,16H,10-13,15,17-18H2. The monoisotopic (exact) mass is 420 g/mol. The minimum absolute atomic E-state index is 0.0223. The zero-order valence-corrected chi connectivity index (χ0v) is 17.3. The highest BCUT2D eigenvalue weighted by Crippen LogP contribution is 2.24. The van der Waals surface area contributed by atoms with Crippen LogP contribution in [-0.2, 0) is 24.3 Å². The number of hydrogen-bond acceptors (Lipinski definition) is 5. The number of hydrogen-bond donors (Lipinski definition) is 0. The topological polar surface area (TPSA) is 51.7 Å². The molecule has 0 bridgehead atoms. The van der Waals surface area contributed by atoms with E-state index in [4.69, 9.17) is 9.47 Å². The van der Waals surface area contributed by atoms with E-state index < -0.39 is 0 Å². The molecule has 0 spiro atoms. The number of ketones is 1. The van der Waals surface area contributed by atoms with Gasteiger partial charge in [0.15, 0.2) is 5.78 Å². The van der Waals surface area contributed by atoms with Gasteiger partial charge in [0.2, 0.25) is 0 Å². The van der Waals surface area contributed by atoms with Gasteiger partial charge in [0.05, 0.1) is 18.8 Å². The van der Waals surface area contributed by atoms with E-state index in [2.05, 4.69) is 9.88 Å². The van der Waals surface area contributed by atoms with Gasteiger partial charge in [0.25, 0.3) is 0 Å². The van der Waals surface area contributed by atoms with Crippen molar-refractivity contribution in [2.75, 3.05) is 26.3 Å². The van der Waals surface area contributed by atoms with Gasteiger partial charge in [-0.05, 0) is 47.0 Å². The number of pyridine rings is 1. The molecule has 1 saturated heterocycles. The molecule has 1 aliphatic rings. The van der Waals surface area contributed by atoms with Crippen LogP contribution in [0.15, 0.2) is 67.0 Å². The van der Waals surface area contributed by atoms with Gasteiger partial charge in [-0.25, -0.2) is 4.39 Å². The molecule has 0 amide bonds. The average molecular weight is 420 g/mol. The number of nitrogens with zero attached hydrogens (tertiary/aromatic N) is 2. The van der Waals surface area contributed by atoms with E-state index in [0.29, 0.717) is 11.3 Å². The maximum Gasteiger partial charge on any atom is 0.171 e. The number of benzene rings is 2. The van der Waals surface area contributed by atoms with Crippen LogP contribution < -0.4 is 4.74 Å². The zero-order valence-electron chi connectivity index (χ0n) is 17.3. The molecule has 0 N–H and O–H groups in total. The van der Waals surface area contributed by atoms with Gasteiger partial charge in [-0.3, -0.25) is 14.7 Å². The third kappa shape index (κ3) is 5.96. The Kier molecular flexibility index (Phi) is 7.02. The predicted octanol–water partition coefficient (Wildman–Crippen LogP) is 4.06.